The topological polar surface area (TPSA) is 28.2 Å². The summed E-state index contributed by atoms with van der Waals surface area (Å²) >= 11 is 0. The molecule has 20 heavy (non-hydrogen) atoms. The van der Waals surface area contributed by atoms with Gasteiger partial charge in [-0.2, -0.15) is 0 Å². The Balaban J connectivity index is 2.08. The van der Waals surface area contributed by atoms with Gasteiger partial charge in [-0.3, -0.25) is 0 Å². The largest absolute Gasteiger partial charge is 0.356 e. The third kappa shape index (κ3) is 3.95. The van der Waals surface area contributed by atoms with Gasteiger partial charge in [0.05, 0.1) is 0 Å². The fraction of sp³-hybridized carbons (Fsp3) is 0.706. The predicted molar refractivity (Wildman–Crippen MR) is 86.2 cm³/mol. The van der Waals surface area contributed by atoms with Gasteiger partial charge in [0.2, 0.25) is 0 Å². The Hall–Kier alpha value is -1.09. The minimum Gasteiger partial charge on any atom is -0.356 e. The van der Waals surface area contributed by atoms with E-state index in [9.17, 15) is 0 Å². The standard InChI is InChI=1S/C17H29N3/c1-13(2)18-11-15-7-8-16(19-14(15)3)20-10-6-9-17(4,5)12-20/h7-8,13,18H,6,9-12H2,1-5H3. The molecule has 3 nitrogen and oxygen atoms in total. The van der Waals surface area contributed by atoms with E-state index in [1.807, 2.05) is 0 Å². The van der Waals surface area contributed by atoms with Gasteiger partial charge < -0.3 is 10.2 Å². The first-order valence-corrected chi connectivity index (χ1v) is 7.82. The van der Waals surface area contributed by atoms with Crippen LogP contribution in [-0.2, 0) is 6.54 Å². The van der Waals surface area contributed by atoms with Gasteiger partial charge in [-0.1, -0.05) is 33.8 Å². The first-order chi connectivity index (χ1) is 9.37. The number of aryl methyl sites for hydroxylation is 1. The highest BCUT2D eigenvalue weighted by molar-refractivity contribution is 5.42. The van der Waals surface area contributed by atoms with Crippen molar-refractivity contribution in [1.29, 1.82) is 0 Å². The van der Waals surface area contributed by atoms with Crippen molar-refractivity contribution in [3.63, 3.8) is 0 Å². The van der Waals surface area contributed by atoms with Crippen molar-refractivity contribution in [3.8, 4) is 0 Å². The van der Waals surface area contributed by atoms with Crippen molar-refractivity contribution < 1.29 is 0 Å². The van der Waals surface area contributed by atoms with Crippen LogP contribution in [0.4, 0.5) is 5.82 Å². The molecule has 2 rings (SSSR count). The number of pyridine rings is 1. The summed E-state index contributed by atoms with van der Waals surface area (Å²) in [5, 5.41) is 3.46. The number of rotatable bonds is 4. The van der Waals surface area contributed by atoms with E-state index in [1.54, 1.807) is 0 Å². The van der Waals surface area contributed by atoms with Gasteiger partial charge in [0, 0.05) is 31.4 Å². The van der Waals surface area contributed by atoms with Crippen molar-refractivity contribution in [2.24, 2.45) is 5.41 Å². The molecule has 112 valence electrons. The second-order valence-electron chi connectivity index (χ2n) is 7.14. The minimum absolute atomic E-state index is 0.408. The highest BCUT2D eigenvalue weighted by atomic mass is 15.2. The second-order valence-corrected chi connectivity index (χ2v) is 7.14. The highest BCUT2D eigenvalue weighted by Crippen LogP contribution is 2.31. The zero-order valence-corrected chi connectivity index (χ0v) is 13.7. The van der Waals surface area contributed by atoms with Crippen LogP contribution in [0.3, 0.4) is 0 Å². The van der Waals surface area contributed by atoms with Crippen LogP contribution in [0.5, 0.6) is 0 Å². The number of anilines is 1. The van der Waals surface area contributed by atoms with Crippen molar-refractivity contribution >= 4 is 5.82 Å². The molecule has 1 fully saturated rings. The maximum absolute atomic E-state index is 4.83. The lowest BCUT2D eigenvalue weighted by atomic mass is 9.84. The zero-order valence-electron chi connectivity index (χ0n) is 13.7. The van der Waals surface area contributed by atoms with Gasteiger partial charge in [0.15, 0.2) is 0 Å². The Labute approximate surface area is 123 Å². The van der Waals surface area contributed by atoms with E-state index in [2.05, 4.69) is 57.0 Å². The van der Waals surface area contributed by atoms with Crippen LogP contribution in [0.25, 0.3) is 0 Å². The van der Waals surface area contributed by atoms with Crippen LogP contribution in [0.2, 0.25) is 0 Å². The third-order valence-corrected chi connectivity index (χ3v) is 4.11. The summed E-state index contributed by atoms with van der Waals surface area (Å²) in [5.74, 6) is 1.14. The minimum atomic E-state index is 0.408. The summed E-state index contributed by atoms with van der Waals surface area (Å²) in [6.45, 7) is 14.3. The molecule has 0 radical (unpaired) electrons. The van der Waals surface area contributed by atoms with Crippen molar-refractivity contribution in [1.82, 2.24) is 10.3 Å². The van der Waals surface area contributed by atoms with Gasteiger partial charge in [-0.25, -0.2) is 4.98 Å². The molecule has 0 spiro atoms. The molecule has 2 heterocycles. The number of hydrogen-bond donors (Lipinski definition) is 1. The highest BCUT2D eigenvalue weighted by Gasteiger charge is 2.27. The quantitative estimate of drug-likeness (QED) is 0.911. The van der Waals surface area contributed by atoms with Crippen LogP contribution in [0.1, 0.15) is 51.8 Å². The average molecular weight is 275 g/mol. The molecule has 0 aromatic carbocycles. The van der Waals surface area contributed by atoms with E-state index in [-0.39, 0.29) is 0 Å². The van der Waals surface area contributed by atoms with Crippen molar-refractivity contribution in [2.75, 3.05) is 18.0 Å². The molecule has 1 aliphatic heterocycles. The Bertz CT molecular complexity index is 452. The molecular formula is C17H29N3. The van der Waals surface area contributed by atoms with Gasteiger partial charge in [0.1, 0.15) is 5.82 Å². The SMILES string of the molecule is Cc1nc(N2CCCC(C)(C)C2)ccc1CNC(C)C. The first-order valence-electron chi connectivity index (χ1n) is 7.82. The van der Waals surface area contributed by atoms with E-state index < -0.39 is 0 Å². The Morgan fingerprint density at radius 2 is 2.10 bits per heavy atom. The fourth-order valence-corrected chi connectivity index (χ4v) is 2.87. The Morgan fingerprint density at radius 1 is 1.35 bits per heavy atom. The van der Waals surface area contributed by atoms with E-state index in [1.165, 1.54) is 18.4 Å². The first kappa shape index (κ1) is 15.3. The lowest BCUT2D eigenvalue weighted by Gasteiger charge is -2.38. The lowest BCUT2D eigenvalue weighted by molar-refractivity contribution is 0.292. The fourth-order valence-electron chi connectivity index (χ4n) is 2.87. The average Bonchev–Trinajstić information content (AvgIpc) is 2.36. The summed E-state index contributed by atoms with van der Waals surface area (Å²) < 4.78 is 0. The zero-order chi connectivity index (χ0) is 14.8. The van der Waals surface area contributed by atoms with E-state index in [0.717, 1.165) is 31.1 Å². The summed E-state index contributed by atoms with van der Waals surface area (Å²) in [5.41, 5.74) is 2.86. The number of aromatic nitrogens is 1. The third-order valence-electron chi connectivity index (χ3n) is 4.11. The number of hydrogen-bond acceptors (Lipinski definition) is 3. The van der Waals surface area contributed by atoms with Crippen LogP contribution < -0.4 is 10.2 Å². The maximum atomic E-state index is 4.83. The normalized spacial score (nSPS) is 18.6. The van der Waals surface area contributed by atoms with E-state index >= 15 is 0 Å². The molecule has 1 N–H and O–H groups in total. The molecule has 0 saturated carbocycles. The van der Waals surface area contributed by atoms with Gasteiger partial charge >= 0.3 is 0 Å². The van der Waals surface area contributed by atoms with Crippen molar-refractivity contribution in [2.45, 2.75) is 60.0 Å². The van der Waals surface area contributed by atoms with Crippen LogP contribution in [-0.4, -0.2) is 24.1 Å². The molecule has 1 aromatic rings. The molecule has 1 aromatic heterocycles. The lowest BCUT2D eigenvalue weighted by Crippen LogP contribution is -2.40. The molecule has 0 unspecified atom stereocenters. The summed E-state index contributed by atoms with van der Waals surface area (Å²) in [6, 6.07) is 4.93. The molecule has 1 aliphatic rings. The monoisotopic (exact) mass is 275 g/mol. The molecule has 0 aliphatic carbocycles. The van der Waals surface area contributed by atoms with Crippen LogP contribution in [0.15, 0.2) is 12.1 Å². The molecule has 0 amide bonds. The maximum Gasteiger partial charge on any atom is 0.128 e. The Morgan fingerprint density at radius 3 is 2.70 bits per heavy atom. The number of nitrogens with zero attached hydrogens (tertiary/aromatic N) is 2. The number of nitrogens with one attached hydrogen (secondary N) is 1. The van der Waals surface area contributed by atoms with E-state index in [0.29, 0.717) is 11.5 Å². The summed E-state index contributed by atoms with van der Waals surface area (Å²) in [4.78, 5) is 7.27. The van der Waals surface area contributed by atoms with Gasteiger partial charge in [0.25, 0.3) is 0 Å². The van der Waals surface area contributed by atoms with Gasteiger partial charge in [-0.05, 0) is 36.8 Å². The molecule has 0 atom stereocenters. The second kappa shape index (κ2) is 6.13. The van der Waals surface area contributed by atoms with Crippen LogP contribution in [0, 0.1) is 12.3 Å². The molecular weight excluding hydrogens is 246 g/mol. The molecule has 3 heteroatoms. The summed E-state index contributed by atoms with van der Waals surface area (Å²) in [7, 11) is 0. The van der Waals surface area contributed by atoms with Crippen molar-refractivity contribution in [3.05, 3.63) is 23.4 Å². The summed E-state index contributed by atoms with van der Waals surface area (Å²) in [6.07, 6.45) is 2.59. The molecule has 0 bridgehead atoms. The van der Waals surface area contributed by atoms with Gasteiger partial charge in [-0.15, -0.1) is 0 Å². The molecule has 1 saturated heterocycles. The Kier molecular flexibility index (Phi) is 4.69. The van der Waals surface area contributed by atoms with E-state index in [4.69, 9.17) is 4.98 Å². The smallest absolute Gasteiger partial charge is 0.128 e. The van der Waals surface area contributed by atoms with Crippen LogP contribution >= 0.6 is 0 Å². The number of piperidine rings is 1. The predicted octanol–water partition coefficient (Wildman–Crippen LogP) is 3.51.